The van der Waals surface area contributed by atoms with Crippen molar-refractivity contribution in [3.63, 3.8) is 0 Å². The van der Waals surface area contributed by atoms with Gasteiger partial charge in [0, 0.05) is 18.8 Å². The van der Waals surface area contributed by atoms with Gasteiger partial charge in [-0.3, -0.25) is 4.72 Å². The van der Waals surface area contributed by atoms with Crippen LogP contribution in [0.15, 0.2) is 54.6 Å². The predicted octanol–water partition coefficient (Wildman–Crippen LogP) is 2.77. The molecule has 1 fully saturated rings. The number of anilines is 1. The van der Waals surface area contributed by atoms with Crippen LogP contribution in [-0.4, -0.2) is 33.0 Å². The zero-order valence-corrected chi connectivity index (χ0v) is 15.1. The highest BCUT2D eigenvalue weighted by atomic mass is 32.2. The van der Waals surface area contributed by atoms with Crippen LogP contribution in [0.4, 0.5) is 5.69 Å². The Labute approximate surface area is 150 Å². The van der Waals surface area contributed by atoms with Crippen LogP contribution in [0.2, 0.25) is 0 Å². The Morgan fingerprint density at radius 3 is 2.24 bits per heavy atom. The predicted molar refractivity (Wildman–Crippen MR) is 102 cm³/mol. The molecule has 5 nitrogen and oxygen atoms in total. The molecule has 0 bridgehead atoms. The Kier molecular flexibility index (Phi) is 6.07. The Morgan fingerprint density at radius 1 is 0.880 bits per heavy atom. The van der Waals surface area contributed by atoms with E-state index >= 15 is 0 Å². The topological polar surface area (TPSA) is 61.4 Å². The first-order valence-electron chi connectivity index (χ1n) is 8.73. The van der Waals surface area contributed by atoms with Crippen LogP contribution in [0, 0.1) is 0 Å². The van der Waals surface area contributed by atoms with Gasteiger partial charge in [0.05, 0.1) is 0 Å². The molecular weight excluding hydrogens is 334 g/mol. The summed E-state index contributed by atoms with van der Waals surface area (Å²) in [6.45, 7) is 3.74. The van der Waals surface area contributed by atoms with Crippen molar-refractivity contribution in [2.75, 3.05) is 24.4 Å². The van der Waals surface area contributed by atoms with Crippen LogP contribution in [0.1, 0.15) is 24.0 Å². The average Bonchev–Trinajstić information content (AvgIpc) is 3.14. The van der Waals surface area contributed by atoms with Gasteiger partial charge in [-0.1, -0.05) is 42.5 Å². The van der Waals surface area contributed by atoms with Crippen LogP contribution in [-0.2, 0) is 23.2 Å². The summed E-state index contributed by atoms with van der Waals surface area (Å²) in [5.41, 5.74) is 2.72. The van der Waals surface area contributed by atoms with E-state index in [9.17, 15) is 8.42 Å². The minimum Gasteiger partial charge on any atom is -0.303 e. The first kappa shape index (κ1) is 17.9. The number of likely N-dealkylation sites (tertiary alicyclic amines) is 1. The minimum absolute atomic E-state index is 0.268. The molecule has 0 saturated carbocycles. The summed E-state index contributed by atoms with van der Waals surface area (Å²) >= 11 is 0. The van der Waals surface area contributed by atoms with E-state index in [1.807, 2.05) is 54.6 Å². The first-order chi connectivity index (χ1) is 12.1. The number of nitrogens with zero attached hydrogens (tertiary/aromatic N) is 1. The standard InChI is InChI=1S/C19H25N3O2S/c23-25(24,20-16-18-6-2-1-3-7-18)21-19-10-8-17(9-11-19)12-15-22-13-4-5-14-22/h1-3,6-11,20-21H,4-5,12-16H2. The number of benzene rings is 2. The van der Waals surface area contributed by atoms with Crippen LogP contribution >= 0.6 is 0 Å². The Bertz CT molecular complexity index is 755. The van der Waals surface area contributed by atoms with Crippen molar-refractivity contribution in [1.82, 2.24) is 9.62 Å². The smallest absolute Gasteiger partial charge is 0.299 e. The van der Waals surface area contributed by atoms with Gasteiger partial charge in [-0.2, -0.15) is 13.1 Å². The zero-order valence-electron chi connectivity index (χ0n) is 14.3. The lowest BCUT2D eigenvalue weighted by molar-refractivity contribution is 0.343. The van der Waals surface area contributed by atoms with E-state index < -0.39 is 10.2 Å². The van der Waals surface area contributed by atoms with E-state index in [1.54, 1.807) is 0 Å². The lowest BCUT2D eigenvalue weighted by Gasteiger charge is -2.14. The first-order valence-corrected chi connectivity index (χ1v) is 10.2. The lowest BCUT2D eigenvalue weighted by Crippen LogP contribution is -2.29. The van der Waals surface area contributed by atoms with Gasteiger partial charge in [-0.15, -0.1) is 0 Å². The van der Waals surface area contributed by atoms with Crippen molar-refractivity contribution in [1.29, 1.82) is 0 Å². The lowest BCUT2D eigenvalue weighted by atomic mass is 10.1. The van der Waals surface area contributed by atoms with Crippen molar-refractivity contribution >= 4 is 15.9 Å². The van der Waals surface area contributed by atoms with Gasteiger partial charge in [0.1, 0.15) is 0 Å². The van der Waals surface area contributed by atoms with Crippen LogP contribution in [0.25, 0.3) is 0 Å². The highest BCUT2D eigenvalue weighted by Gasteiger charge is 2.12. The highest BCUT2D eigenvalue weighted by molar-refractivity contribution is 7.90. The van der Waals surface area contributed by atoms with Crippen LogP contribution in [0.3, 0.4) is 0 Å². The summed E-state index contributed by atoms with van der Waals surface area (Å²) in [5.74, 6) is 0. The summed E-state index contributed by atoms with van der Waals surface area (Å²) in [7, 11) is -3.58. The number of hydrogen-bond acceptors (Lipinski definition) is 3. The van der Waals surface area contributed by atoms with E-state index in [0.29, 0.717) is 5.69 Å². The van der Waals surface area contributed by atoms with Crippen molar-refractivity contribution < 1.29 is 8.42 Å². The molecule has 0 radical (unpaired) electrons. The van der Waals surface area contributed by atoms with Gasteiger partial charge >= 0.3 is 0 Å². The van der Waals surface area contributed by atoms with Gasteiger partial charge in [0.2, 0.25) is 0 Å². The summed E-state index contributed by atoms with van der Waals surface area (Å²) in [5, 5.41) is 0. The Balaban J connectivity index is 1.49. The average molecular weight is 359 g/mol. The van der Waals surface area contributed by atoms with Crippen LogP contribution in [0.5, 0.6) is 0 Å². The summed E-state index contributed by atoms with van der Waals surface area (Å²) in [4.78, 5) is 2.48. The van der Waals surface area contributed by atoms with Gasteiger partial charge in [-0.25, -0.2) is 0 Å². The highest BCUT2D eigenvalue weighted by Crippen LogP contribution is 2.13. The van der Waals surface area contributed by atoms with Gasteiger partial charge in [-0.05, 0) is 55.6 Å². The molecule has 25 heavy (non-hydrogen) atoms. The van der Waals surface area contributed by atoms with E-state index in [0.717, 1.165) is 18.5 Å². The third-order valence-electron chi connectivity index (χ3n) is 4.43. The Hall–Kier alpha value is -1.89. The van der Waals surface area contributed by atoms with E-state index in [4.69, 9.17) is 0 Å². The molecule has 0 spiro atoms. The fraction of sp³-hybridized carbons (Fsp3) is 0.368. The molecule has 6 heteroatoms. The van der Waals surface area contributed by atoms with Gasteiger partial charge in [0.25, 0.3) is 10.2 Å². The molecule has 3 rings (SSSR count). The molecule has 134 valence electrons. The van der Waals surface area contributed by atoms with E-state index in [-0.39, 0.29) is 6.54 Å². The summed E-state index contributed by atoms with van der Waals surface area (Å²) in [6, 6.07) is 17.1. The number of nitrogens with one attached hydrogen (secondary N) is 2. The normalized spacial score (nSPS) is 15.4. The van der Waals surface area contributed by atoms with Gasteiger partial charge < -0.3 is 4.90 Å². The molecule has 1 saturated heterocycles. The van der Waals surface area contributed by atoms with E-state index in [2.05, 4.69) is 14.3 Å². The maximum atomic E-state index is 12.1. The van der Waals surface area contributed by atoms with Crippen molar-refractivity contribution in [2.45, 2.75) is 25.8 Å². The molecule has 0 amide bonds. The maximum Gasteiger partial charge on any atom is 0.299 e. The third kappa shape index (κ3) is 5.85. The quantitative estimate of drug-likeness (QED) is 0.762. The molecule has 0 unspecified atom stereocenters. The molecular formula is C19H25N3O2S. The SMILES string of the molecule is O=S(=O)(NCc1ccccc1)Nc1ccc(CCN2CCCC2)cc1. The molecule has 2 aromatic carbocycles. The largest absolute Gasteiger partial charge is 0.303 e. The molecule has 0 atom stereocenters. The number of rotatable bonds is 8. The third-order valence-corrected chi connectivity index (χ3v) is 5.46. The second kappa shape index (κ2) is 8.47. The molecule has 1 aliphatic rings. The molecule has 2 aromatic rings. The van der Waals surface area contributed by atoms with Crippen molar-refractivity contribution in [2.24, 2.45) is 0 Å². The van der Waals surface area contributed by atoms with Crippen LogP contribution < -0.4 is 9.44 Å². The fourth-order valence-corrected chi connectivity index (χ4v) is 3.87. The minimum atomic E-state index is -3.58. The van der Waals surface area contributed by atoms with Crippen molar-refractivity contribution in [3.05, 3.63) is 65.7 Å². The molecule has 1 aliphatic heterocycles. The number of hydrogen-bond donors (Lipinski definition) is 2. The second-order valence-electron chi connectivity index (χ2n) is 6.41. The Morgan fingerprint density at radius 2 is 1.56 bits per heavy atom. The monoisotopic (exact) mass is 359 g/mol. The fourth-order valence-electron chi connectivity index (χ4n) is 3.00. The van der Waals surface area contributed by atoms with E-state index in [1.165, 1.54) is 31.5 Å². The second-order valence-corrected chi connectivity index (χ2v) is 7.91. The molecule has 1 heterocycles. The zero-order chi connectivity index (χ0) is 17.5. The maximum absolute atomic E-state index is 12.1. The van der Waals surface area contributed by atoms with Gasteiger partial charge in [0.15, 0.2) is 0 Å². The summed E-state index contributed by atoms with van der Waals surface area (Å²) in [6.07, 6.45) is 3.60. The molecule has 0 aliphatic carbocycles. The molecule has 0 aromatic heterocycles. The van der Waals surface area contributed by atoms with Crippen molar-refractivity contribution in [3.8, 4) is 0 Å². The molecule has 2 N–H and O–H groups in total. The summed E-state index contributed by atoms with van der Waals surface area (Å²) < 4.78 is 29.4.